The standard InChI is InChI=1S/C9H20N2.C9H19N.C8H17N.2C8H13N.C8H16O.C7H12N2.C7H15NO.C6H11N3.C5H14N2.C4H11N/c1-9(2,3)11-7-5-10(4)6-8-11;1-9(2,3)10-7-5-4-6-8-10;2*1-8(2,3)9-6-4-5-7-9;1-8(2,3)7-5-4-6-9-7;1-5-7(9)6-8(2,3)4;1-7(2,3)6-4-5-8-9-6;1-7(2,3)5-4-6(8)9;1-6(2,3)9-5-7-4-8-9;1-5(2,3)7-4-6;1-4(2,3)5/h5-8H2,1-4H3;4-8H2,1-3H3;4-7H2,1-3H3;4-7H,1-3H3;4-6,9H,1-3H3;5-6H2,1-4H3;5H,4H2,1-3H3;4-5H2,1-3H3,(H2,8,9);4-5H,1-3H3;7H,4,6H2,1-3H3;5H2,1-3H3. The van der Waals surface area contributed by atoms with E-state index >= 15 is 0 Å². The summed E-state index contributed by atoms with van der Waals surface area (Å²) >= 11 is 0. The molecule has 0 atom stereocenters. The van der Waals surface area contributed by atoms with Crippen LogP contribution in [0.3, 0.4) is 0 Å². The molecule has 8 N–H and O–H groups in total. The van der Waals surface area contributed by atoms with Crippen molar-refractivity contribution in [2.24, 2.45) is 43.6 Å². The van der Waals surface area contributed by atoms with Crippen molar-refractivity contribution >= 4 is 23.6 Å². The van der Waals surface area contributed by atoms with Crippen LogP contribution in [0.15, 0.2) is 65.7 Å². The molecule has 0 aliphatic carbocycles. The first-order chi connectivity index (χ1) is 43.1. The molecule has 7 rings (SSSR count). The van der Waals surface area contributed by atoms with E-state index in [0.717, 1.165) is 12.8 Å². The van der Waals surface area contributed by atoms with Crippen LogP contribution in [0.2, 0.25) is 0 Å². The maximum absolute atomic E-state index is 10.8. The van der Waals surface area contributed by atoms with Crippen molar-refractivity contribution in [3.8, 4) is 0 Å². The number of aromatic nitrogens is 5. The Morgan fingerprint density at radius 3 is 1.18 bits per heavy atom. The highest BCUT2D eigenvalue weighted by Crippen LogP contribution is 2.24. The van der Waals surface area contributed by atoms with Gasteiger partial charge in [-0.2, -0.15) is 15.3 Å². The number of nitrogens with zero attached hydrogens (tertiary/aromatic N) is 10. The molecular formula is C79H161N15O2. The number of ketones is 1. The van der Waals surface area contributed by atoms with Crippen LogP contribution in [0.4, 0.5) is 0 Å². The van der Waals surface area contributed by atoms with Gasteiger partial charge >= 0.3 is 0 Å². The highest BCUT2D eigenvalue weighted by atomic mass is 16.1. The number of hydrogen-bond donors (Lipinski definition) is 5. The average Bonchev–Trinajstić information content (AvgIpc) is 3.13. The van der Waals surface area contributed by atoms with Gasteiger partial charge in [0, 0.05) is 133 Å². The molecule has 3 saturated heterocycles. The lowest BCUT2D eigenvalue weighted by atomic mass is 9.89. The average molecular weight is 1350 g/mol. The molecule has 0 radical (unpaired) electrons. The molecule has 3 aromatic rings. The van der Waals surface area contributed by atoms with Crippen molar-refractivity contribution in [2.45, 2.75) is 344 Å². The number of primary amides is 1. The number of Topliss-reactive ketones (excluding diaryl/α,β-unsaturated/α-hetero) is 1. The predicted molar refractivity (Wildman–Crippen MR) is 422 cm³/mol. The minimum Gasteiger partial charge on any atom is -0.370 e. The predicted octanol–water partition coefficient (Wildman–Crippen LogP) is 17.4. The van der Waals surface area contributed by atoms with Crippen LogP contribution < -0.4 is 22.5 Å². The van der Waals surface area contributed by atoms with Gasteiger partial charge in [-0.25, -0.2) is 9.67 Å². The van der Waals surface area contributed by atoms with Gasteiger partial charge in [0.05, 0.1) is 11.3 Å². The first-order valence-corrected chi connectivity index (χ1v) is 36.3. The van der Waals surface area contributed by atoms with Gasteiger partial charge in [-0.15, -0.1) is 0 Å². The summed E-state index contributed by atoms with van der Waals surface area (Å²) in [6.07, 6.45) is 22.0. The van der Waals surface area contributed by atoms with Gasteiger partial charge in [-0.05, 0) is 246 Å². The second kappa shape index (κ2) is 45.6. The van der Waals surface area contributed by atoms with E-state index in [1.54, 1.807) is 12.7 Å². The third-order valence-corrected chi connectivity index (χ3v) is 15.0. The Morgan fingerprint density at radius 2 is 0.990 bits per heavy atom. The second-order valence-electron chi connectivity index (χ2n) is 37.6. The SMILES string of the molecule is CC(C)(C)C1=NN=CC1.CC(C)(C)CCC(N)=O.CC(C)(C)N.CC(C)(C)N1CCCC1.CC(C)(C)N1CCCCC1.CC(C)(C)NCN.CC(C)(C)c1ccc[nH]1.CC(C)(C)n1cccc1.CC(C)(C)n1cncn1.CCC(=O)CC(C)(C)C.CN1CCN(C(C)(C)C)CC1. The molecule has 3 aromatic heterocycles. The summed E-state index contributed by atoms with van der Waals surface area (Å²) in [5.74, 6) is 0.160. The van der Waals surface area contributed by atoms with E-state index in [0.29, 0.717) is 48.3 Å². The van der Waals surface area contributed by atoms with E-state index in [1.165, 1.54) is 95.9 Å². The number of aromatic amines is 1. The third-order valence-electron chi connectivity index (χ3n) is 15.0. The number of piperidine rings is 1. The second-order valence-corrected chi connectivity index (χ2v) is 37.6. The number of likely N-dealkylation sites (tertiary alicyclic amines) is 2. The molecule has 4 aliphatic rings. The first kappa shape index (κ1) is 98.3. The normalized spacial score (nSPS) is 16.0. The van der Waals surface area contributed by atoms with E-state index in [2.05, 4.69) is 288 Å². The molecule has 7 heterocycles. The van der Waals surface area contributed by atoms with Gasteiger partial charge in [0.25, 0.3) is 0 Å². The lowest BCUT2D eigenvalue weighted by Gasteiger charge is -2.41. The van der Waals surface area contributed by atoms with Gasteiger partial charge in [-0.1, -0.05) is 96.4 Å². The zero-order valence-electron chi connectivity index (χ0n) is 69.7. The molecule has 3 fully saturated rings. The smallest absolute Gasteiger partial charge is 0.217 e. The van der Waals surface area contributed by atoms with E-state index in [-0.39, 0.29) is 49.7 Å². The van der Waals surface area contributed by atoms with E-state index < -0.39 is 0 Å². The molecule has 0 bridgehead atoms. The molecule has 0 aromatic carbocycles. The van der Waals surface area contributed by atoms with Crippen LogP contribution in [0.5, 0.6) is 0 Å². The largest absolute Gasteiger partial charge is 0.370 e. The molecule has 17 nitrogen and oxygen atoms in total. The third kappa shape index (κ3) is 61.0. The molecule has 4 aliphatic heterocycles. The summed E-state index contributed by atoms with van der Waals surface area (Å²) in [6.45, 7) is 83.8. The Bertz CT molecular complexity index is 2290. The van der Waals surface area contributed by atoms with Gasteiger partial charge in [0.1, 0.15) is 18.4 Å². The number of H-pyrrole nitrogens is 1. The van der Waals surface area contributed by atoms with Crippen LogP contribution in [-0.2, 0) is 26.1 Å². The summed E-state index contributed by atoms with van der Waals surface area (Å²) in [6, 6.07) is 8.23. The fourth-order valence-corrected chi connectivity index (χ4v) is 8.82. The first-order valence-electron chi connectivity index (χ1n) is 36.3. The summed E-state index contributed by atoms with van der Waals surface area (Å²) in [5.41, 5.74) is 20.5. The van der Waals surface area contributed by atoms with Crippen LogP contribution in [0.25, 0.3) is 0 Å². The maximum Gasteiger partial charge on any atom is 0.217 e. The van der Waals surface area contributed by atoms with Crippen molar-refractivity contribution in [1.82, 2.24) is 49.2 Å². The summed E-state index contributed by atoms with van der Waals surface area (Å²) in [4.78, 5) is 38.2. The number of rotatable bonds is 5. The summed E-state index contributed by atoms with van der Waals surface area (Å²) in [5, 5.41) is 14.8. The van der Waals surface area contributed by atoms with E-state index in [1.807, 2.05) is 63.0 Å². The Morgan fingerprint density at radius 1 is 0.562 bits per heavy atom. The number of carbonyl (C=O) groups is 2. The topological polar surface area (TPSA) is 213 Å². The molecule has 0 unspecified atom stereocenters. The number of nitrogens with two attached hydrogens (primary N) is 3. The van der Waals surface area contributed by atoms with Crippen LogP contribution in [-0.4, -0.2) is 161 Å². The number of piperazine rings is 1. The van der Waals surface area contributed by atoms with Crippen molar-refractivity contribution in [3.05, 3.63) is 61.2 Å². The molecule has 564 valence electrons. The number of amides is 1. The molecule has 17 heteroatoms. The van der Waals surface area contributed by atoms with Crippen LogP contribution in [0, 0.1) is 16.2 Å². The fourth-order valence-electron chi connectivity index (χ4n) is 8.82. The highest BCUT2D eigenvalue weighted by molar-refractivity contribution is 6.01. The van der Waals surface area contributed by atoms with Gasteiger partial charge in [0.15, 0.2) is 0 Å². The molecule has 0 saturated carbocycles. The number of carbonyl (C=O) groups excluding carboxylic acids is 2. The van der Waals surface area contributed by atoms with Gasteiger partial charge < -0.3 is 31.7 Å². The quantitative estimate of drug-likeness (QED) is 0.152. The van der Waals surface area contributed by atoms with Crippen LogP contribution >= 0.6 is 0 Å². The minimum absolute atomic E-state index is 0. The van der Waals surface area contributed by atoms with E-state index in [4.69, 9.17) is 17.2 Å². The summed E-state index contributed by atoms with van der Waals surface area (Å²) in [7, 11) is 2.19. The Balaban J connectivity index is -0.000000487. The van der Waals surface area contributed by atoms with Gasteiger partial charge in [0.2, 0.25) is 5.91 Å². The number of nitrogens with one attached hydrogen (secondary N) is 2. The molecule has 1 amide bonds. The summed E-state index contributed by atoms with van der Waals surface area (Å²) < 4.78 is 4.01. The van der Waals surface area contributed by atoms with Crippen molar-refractivity contribution < 1.29 is 9.59 Å². The zero-order valence-corrected chi connectivity index (χ0v) is 69.7. The van der Waals surface area contributed by atoms with Crippen molar-refractivity contribution in [1.29, 1.82) is 0 Å². The minimum atomic E-state index is -0.204. The Hall–Kier alpha value is -4.10. The maximum atomic E-state index is 10.8. The van der Waals surface area contributed by atoms with Crippen LogP contribution in [0.1, 0.15) is 305 Å². The number of likely N-dealkylation sites (N-methyl/N-ethyl adjacent to an activating group) is 1. The molecular weight excluding hydrogens is 1190 g/mol. The fraction of sp³-hybridized carbons (Fsp3) is 0.823. The molecule has 96 heavy (non-hydrogen) atoms. The highest BCUT2D eigenvalue weighted by Gasteiger charge is 2.26. The lowest BCUT2D eigenvalue weighted by molar-refractivity contribution is -0.120. The molecule has 0 spiro atoms. The Labute approximate surface area is 594 Å². The van der Waals surface area contributed by atoms with E-state index in [9.17, 15) is 9.59 Å². The zero-order chi connectivity index (χ0) is 76.0. The van der Waals surface area contributed by atoms with Crippen molar-refractivity contribution in [3.63, 3.8) is 0 Å². The Kier molecular flexibility index (Phi) is 46.7. The monoisotopic (exact) mass is 1350 g/mol. The number of hydrogen-bond acceptors (Lipinski definition) is 13. The van der Waals surface area contributed by atoms with Gasteiger partial charge in [-0.3, -0.25) is 29.6 Å². The lowest BCUT2D eigenvalue weighted by Crippen LogP contribution is -2.52. The van der Waals surface area contributed by atoms with Crippen molar-refractivity contribution in [2.75, 3.05) is 66.1 Å².